The Labute approximate surface area is 146 Å². The Bertz CT molecular complexity index is 754. The summed E-state index contributed by atoms with van der Waals surface area (Å²) < 4.78 is 15.0. The zero-order valence-electron chi connectivity index (χ0n) is 14.2. The second-order valence-electron chi connectivity index (χ2n) is 6.29. The average Bonchev–Trinajstić information content (AvgIpc) is 3.09. The number of nitrogens with one attached hydrogen (secondary N) is 1. The van der Waals surface area contributed by atoms with E-state index in [0.717, 1.165) is 17.8 Å². The van der Waals surface area contributed by atoms with E-state index in [1.807, 2.05) is 30.2 Å². The molecule has 0 saturated carbocycles. The molecule has 0 aliphatic carbocycles. The highest BCUT2D eigenvalue weighted by Crippen LogP contribution is 2.25. The van der Waals surface area contributed by atoms with Crippen LogP contribution in [0.4, 0.5) is 4.39 Å². The lowest BCUT2D eigenvalue weighted by molar-refractivity contribution is -0.136. The molecule has 2 heterocycles. The second kappa shape index (κ2) is 7.51. The van der Waals surface area contributed by atoms with Crippen LogP contribution in [0.5, 0.6) is 0 Å². The van der Waals surface area contributed by atoms with Crippen molar-refractivity contribution in [3.05, 3.63) is 59.7 Å². The molecule has 1 atom stereocenters. The third-order valence-electron chi connectivity index (χ3n) is 4.63. The lowest BCUT2D eigenvalue weighted by Crippen LogP contribution is -2.41. The molecule has 1 N–H and O–H groups in total. The van der Waals surface area contributed by atoms with Gasteiger partial charge in [-0.15, -0.1) is 0 Å². The fourth-order valence-corrected chi connectivity index (χ4v) is 3.18. The molecule has 25 heavy (non-hydrogen) atoms. The molecule has 5 nitrogen and oxygen atoms in total. The van der Waals surface area contributed by atoms with E-state index < -0.39 is 0 Å². The summed E-state index contributed by atoms with van der Waals surface area (Å²) in [5, 5.41) is 2.76. The average molecular weight is 343 g/mol. The van der Waals surface area contributed by atoms with Crippen molar-refractivity contribution in [2.75, 3.05) is 6.54 Å². The maximum absolute atomic E-state index is 12.8. The summed E-state index contributed by atoms with van der Waals surface area (Å²) in [6.45, 7) is 3.80. The van der Waals surface area contributed by atoms with Gasteiger partial charge in [-0.3, -0.25) is 9.59 Å². The van der Waals surface area contributed by atoms with Gasteiger partial charge in [0, 0.05) is 44.4 Å². The third kappa shape index (κ3) is 4.07. The van der Waals surface area contributed by atoms with Crippen LogP contribution < -0.4 is 5.32 Å². The molecule has 3 rings (SSSR count). The van der Waals surface area contributed by atoms with E-state index in [4.69, 9.17) is 0 Å². The van der Waals surface area contributed by atoms with Crippen molar-refractivity contribution >= 4 is 11.8 Å². The van der Waals surface area contributed by atoms with Crippen molar-refractivity contribution in [2.45, 2.75) is 38.9 Å². The molecule has 1 aliphatic rings. The van der Waals surface area contributed by atoms with Gasteiger partial charge in [0.05, 0.1) is 6.04 Å². The summed E-state index contributed by atoms with van der Waals surface area (Å²) in [5.74, 6) is -0.481. The van der Waals surface area contributed by atoms with Gasteiger partial charge < -0.3 is 14.8 Å². The lowest BCUT2D eigenvalue weighted by Gasteiger charge is -2.35. The smallest absolute Gasteiger partial charge is 0.223 e. The number of benzene rings is 1. The number of carbonyl (C=O) groups is 2. The van der Waals surface area contributed by atoms with Gasteiger partial charge in [0.25, 0.3) is 0 Å². The first-order valence-electron chi connectivity index (χ1n) is 8.50. The summed E-state index contributed by atoms with van der Waals surface area (Å²) in [7, 11) is 0. The number of hydrogen-bond acceptors (Lipinski definition) is 2. The number of amides is 2. The number of hydrogen-bond donors (Lipinski definition) is 1. The van der Waals surface area contributed by atoms with Gasteiger partial charge in [0.2, 0.25) is 11.8 Å². The van der Waals surface area contributed by atoms with Gasteiger partial charge in [0.1, 0.15) is 5.82 Å². The highest BCUT2D eigenvalue weighted by atomic mass is 19.1. The Morgan fingerprint density at radius 1 is 1.16 bits per heavy atom. The Morgan fingerprint density at radius 2 is 1.92 bits per heavy atom. The minimum atomic E-state index is -0.303. The minimum Gasteiger partial charge on any atom is -0.352 e. The van der Waals surface area contributed by atoms with Crippen molar-refractivity contribution < 1.29 is 14.0 Å². The van der Waals surface area contributed by atoms with E-state index in [9.17, 15) is 14.0 Å². The molecule has 2 aromatic rings. The zero-order chi connectivity index (χ0) is 17.8. The summed E-state index contributed by atoms with van der Waals surface area (Å²) >= 11 is 0. The molecule has 0 radical (unpaired) electrons. The van der Waals surface area contributed by atoms with Crippen molar-refractivity contribution in [3.8, 4) is 0 Å². The van der Waals surface area contributed by atoms with Crippen LogP contribution in [0.15, 0.2) is 42.6 Å². The standard InChI is InChI=1S/C19H22FN3O2/c1-14-17-3-2-10-22(17)11-12-23(14)19(25)9-8-18(24)21-13-15-4-6-16(20)7-5-15/h2-7,10,14H,8-9,11-13H2,1H3,(H,21,24). The Hall–Kier alpha value is -2.63. The van der Waals surface area contributed by atoms with E-state index in [-0.39, 0.29) is 36.5 Å². The maximum atomic E-state index is 12.8. The van der Waals surface area contributed by atoms with Crippen LogP contribution in [0, 0.1) is 5.82 Å². The van der Waals surface area contributed by atoms with E-state index in [0.29, 0.717) is 13.1 Å². The highest BCUT2D eigenvalue weighted by Gasteiger charge is 2.27. The molecule has 0 spiro atoms. The first-order valence-corrected chi connectivity index (χ1v) is 8.50. The van der Waals surface area contributed by atoms with Crippen molar-refractivity contribution in [2.24, 2.45) is 0 Å². The first-order chi connectivity index (χ1) is 12.0. The molecule has 0 fully saturated rings. The maximum Gasteiger partial charge on any atom is 0.223 e. The molecular weight excluding hydrogens is 321 g/mol. The first kappa shape index (κ1) is 17.2. The number of rotatable bonds is 5. The molecular formula is C19H22FN3O2. The largest absolute Gasteiger partial charge is 0.352 e. The van der Waals surface area contributed by atoms with Gasteiger partial charge in [-0.2, -0.15) is 0 Å². The molecule has 0 saturated heterocycles. The third-order valence-corrected chi connectivity index (χ3v) is 4.63. The quantitative estimate of drug-likeness (QED) is 0.907. The van der Waals surface area contributed by atoms with Crippen LogP contribution in [0.2, 0.25) is 0 Å². The number of nitrogens with zero attached hydrogens (tertiary/aromatic N) is 2. The Balaban J connectivity index is 1.46. The second-order valence-corrected chi connectivity index (χ2v) is 6.29. The molecule has 1 unspecified atom stereocenters. The van der Waals surface area contributed by atoms with Crippen LogP contribution in [0.1, 0.15) is 37.1 Å². The van der Waals surface area contributed by atoms with Crippen molar-refractivity contribution in [1.82, 2.24) is 14.8 Å². The Kier molecular flexibility index (Phi) is 5.16. The van der Waals surface area contributed by atoms with Gasteiger partial charge in [0.15, 0.2) is 0 Å². The summed E-state index contributed by atoms with van der Waals surface area (Å²) in [6, 6.07) is 10.0. The zero-order valence-corrected chi connectivity index (χ0v) is 14.2. The van der Waals surface area contributed by atoms with Crippen molar-refractivity contribution in [3.63, 3.8) is 0 Å². The van der Waals surface area contributed by atoms with Gasteiger partial charge in [-0.1, -0.05) is 12.1 Å². The monoisotopic (exact) mass is 343 g/mol. The fraction of sp³-hybridized carbons (Fsp3) is 0.368. The minimum absolute atomic E-state index is 0.00289. The molecule has 1 aliphatic heterocycles. The predicted octanol–water partition coefficient (Wildman–Crippen LogP) is 2.63. The van der Waals surface area contributed by atoms with Crippen LogP contribution in [-0.2, 0) is 22.7 Å². The Morgan fingerprint density at radius 3 is 2.68 bits per heavy atom. The van der Waals surface area contributed by atoms with Crippen molar-refractivity contribution in [1.29, 1.82) is 0 Å². The molecule has 1 aromatic heterocycles. The van der Waals surface area contributed by atoms with Crippen LogP contribution in [0.25, 0.3) is 0 Å². The fourth-order valence-electron chi connectivity index (χ4n) is 3.18. The van der Waals surface area contributed by atoms with E-state index in [1.165, 1.54) is 12.1 Å². The number of aromatic nitrogens is 1. The van der Waals surface area contributed by atoms with Gasteiger partial charge in [-0.05, 0) is 36.8 Å². The molecule has 132 valence electrons. The van der Waals surface area contributed by atoms with Gasteiger partial charge in [-0.25, -0.2) is 4.39 Å². The number of halogens is 1. The molecule has 0 bridgehead atoms. The van der Waals surface area contributed by atoms with Gasteiger partial charge >= 0.3 is 0 Å². The summed E-state index contributed by atoms with van der Waals surface area (Å²) in [4.78, 5) is 26.2. The van der Waals surface area contributed by atoms with E-state index >= 15 is 0 Å². The van der Waals surface area contributed by atoms with Crippen LogP contribution >= 0.6 is 0 Å². The highest BCUT2D eigenvalue weighted by molar-refractivity contribution is 5.84. The molecule has 1 aromatic carbocycles. The van der Waals surface area contributed by atoms with E-state index in [2.05, 4.69) is 9.88 Å². The normalized spacial score (nSPS) is 16.4. The summed E-state index contributed by atoms with van der Waals surface area (Å²) in [6.07, 6.45) is 2.38. The SMILES string of the molecule is CC1c2cccn2CCN1C(=O)CCC(=O)NCc1ccc(F)cc1. The van der Waals surface area contributed by atoms with Crippen LogP contribution in [0.3, 0.4) is 0 Å². The lowest BCUT2D eigenvalue weighted by atomic mass is 10.1. The van der Waals surface area contributed by atoms with Crippen LogP contribution in [-0.4, -0.2) is 27.8 Å². The molecule has 6 heteroatoms. The van der Waals surface area contributed by atoms with E-state index in [1.54, 1.807) is 12.1 Å². The summed E-state index contributed by atoms with van der Waals surface area (Å²) in [5.41, 5.74) is 1.95. The number of fused-ring (bicyclic) bond motifs is 1. The number of carbonyl (C=O) groups excluding carboxylic acids is 2. The topological polar surface area (TPSA) is 54.3 Å². The molecule has 2 amide bonds. The predicted molar refractivity (Wildman–Crippen MR) is 92.0 cm³/mol.